The normalized spacial score (nSPS) is 19.8. The van der Waals surface area contributed by atoms with Gasteiger partial charge in [-0.15, -0.1) is 0 Å². The molecule has 2 N–H and O–H groups in total. The van der Waals surface area contributed by atoms with Gasteiger partial charge in [-0.3, -0.25) is 4.90 Å². The van der Waals surface area contributed by atoms with E-state index in [1.165, 1.54) is 7.11 Å². The third-order valence-corrected chi connectivity index (χ3v) is 5.06. The number of methoxy groups -OCH3 is 3. The van der Waals surface area contributed by atoms with Gasteiger partial charge in [0.25, 0.3) is 0 Å². The largest absolute Gasteiger partial charge is 0.508 e. The Kier molecular flexibility index (Phi) is 5.25. The number of benzene rings is 2. The molecular formula is C20H25NO5. The van der Waals surface area contributed by atoms with Gasteiger partial charge in [-0.2, -0.15) is 0 Å². The summed E-state index contributed by atoms with van der Waals surface area (Å²) in [6.45, 7) is 0. The van der Waals surface area contributed by atoms with Crippen molar-refractivity contribution in [2.45, 2.75) is 25.1 Å². The maximum absolute atomic E-state index is 10.4. The lowest BCUT2D eigenvalue weighted by Crippen LogP contribution is -2.43. The minimum atomic E-state index is -0.132. The van der Waals surface area contributed by atoms with Gasteiger partial charge in [0.05, 0.1) is 14.2 Å². The van der Waals surface area contributed by atoms with Crippen molar-refractivity contribution in [3.05, 3.63) is 47.0 Å². The number of phenolic OH excluding ortho intramolecular Hbond substituents is 2. The number of aromatic hydroxyl groups is 2. The zero-order valence-electron chi connectivity index (χ0n) is 15.5. The summed E-state index contributed by atoms with van der Waals surface area (Å²) < 4.78 is 16.6. The smallest absolute Gasteiger partial charge is 0.203 e. The van der Waals surface area contributed by atoms with Gasteiger partial charge in [0.1, 0.15) is 12.0 Å². The van der Waals surface area contributed by atoms with Crippen LogP contribution >= 0.6 is 0 Å². The van der Waals surface area contributed by atoms with Crippen LogP contribution in [0.5, 0.6) is 23.0 Å². The standard InChI is InChI=1S/C20H25NO5/c1-21-16(9-12-6-5-7-13(22)8-12)14-10-17(23)20(26-4)19(25-3)15(14)11-18(21)24-2/h5-8,10,16,18,22-23H,9,11H2,1-4H3. The summed E-state index contributed by atoms with van der Waals surface area (Å²) in [5.74, 6) is 1.16. The second-order valence-corrected chi connectivity index (χ2v) is 6.48. The Morgan fingerprint density at radius 3 is 2.42 bits per heavy atom. The number of likely N-dealkylation sites (N-methyl/N-ethyl adjacent to an activating group) is 1. The highest BCUT2D eigenvalue weighted by molar-refractivity contribution is 5.60. The van der Waals surface area contributed by atoms with Crippen LogP contribution in [0.2, 0.25) is 0 Å². The lowest BCUT2D eigenvalue weighted by molar-refractivity contribution is -0.0491. The van der Waals surface area contributed by atoms with Crippen molar-refractivity contribution in [3.8, 4) is 23.0 Å². The summed E-state index contributed by atoms with van der Waals surface area (Å²) in [6, 6.07) is 8.91. The first-order chi connectivity index (χ1) is 12.5. The van der Waals surface area contributed by atoms with Gasteiger partial charge in [-0.1, -0.05) is 12.1 Å². The van der Waals surface area contributed by atoms with Crippen LogP contribution in [-0.4, -0.2) is 49.7 Å². The molecule has 140 valence electrons. The molecule has 1 aliphatic heterocycles. The third-order valence-electron chi connectivity index (χ3n) is 5.06. The van der Waals surface area contributed by atoms with E-state index >= 15 is 0 Å². The highest BCUT2D eigenvalue weighted by Crippen LogP contribution is 2.47. The van der Waals surface area contributed by atoms with Crippen molar-refractivity contribution in [1.82, 2.24) is 4.90 Å². The van der Waals surface area contributed by atoms with Crippen LogP contribution in [0.15, 0.2) is 30.3 Å². The Morgan fingerprint density at radius 1 is 1.08 bits per heavy atom. The van der Waals surface area contributed by atoms with Crippen molar-refractivity contribution in [3.63, 3.8) is 0 Å². The fourth-order valence-corrected chi connectivity index (χ4v) is 3.75. The molecule has 3 rings (SSSR count). The topological polar surface area (TPSA) is 71.4 Å². The fraction of sp³-hybridized carbons (Fsp3) is 0.400. The van der Waals surface area contributed by atoms with Crippen molar-refractivity contribution < 1.29 is 24.4 Å². The van der Waals surface area contributed by atoms with E-state index in [4.69, 9.17) is 14.2 Å². The number of fused-ring (bicyclic) bond motifs is 1. The summed E-state index contributed by atoms with van der Waals surface area (Å²) in [4.78, 5) is 2.14. The van der Waals surface area contributed by atoms with E-state index in [0.29, 0.717) is 24.3 Å². The molecule has 2 atom stereocenters. The summed E-state index contributed by atoms with van der Waals surface area (Å²) in [5.41, 5.74) is 2.94. The average Bonchev–Trinajstić information content (AvgIpc) is 2.63. The molecule has 0 aromatic heterocycles. The molecule has 26 heavy (non-hydrogen) atoms. The van der Waals surface area contributed by atoms with E-state index < -0.39 is 0 Å². The summed E-state index contributed by atoms with van der Waals surface area (Å²) in [6.07, 6.45) is 1.15. The monoisotopic (exact) mass is 359 g/mol. The zero-order valence-corrected chi connectivity index (χ0v) is 15.5. The van der Waals surface area contributed by atoms with Crippen LogP contribution < -0.4 is 9.47 Å². The van der Waals surface area contributed by atoms with Gasteiger partial charge >= 0.3 is 0 Å². The van der Waals surface area contributed by atoms with E-state index in [2.05, 4.69) is 4.90 Å². The molecule has 0 amide bonds. The second-order valence-electron chi connectivity index (χ2n) is 6.48. The van der Waals surface area contributed by atoms with E-state index in [1.54, 1.807) is 32.4 Å². The molecule has 0 bridgehead atoms. The van der Waals surface area contributed by atoms with Gasteiger partial charge in [0.15, 0.2) is 11.5 Å². The quantitative estimate of drug-likeness (QED) is 0.855. The first-order valence-electron chi connectivity index (χ1n) is 8.49. The molecule has 1 aliphatic rings. The Labute approximate surface area is 153 Å². The van der Waals surface area contributed by atoms with Crippen LogP contribution in [-0.2, 0) is 17.6 Å². The van der Waals surface area contributed by atoms with Crippen molar-refractivity contribution >= 4 is 0 Å². The number of hydrogen-bond acceptors (Lipinski definition) is 6. The van der Waals surface area contributed by atoms with E-state index in [0.717, 1.165) is 16.7 Å². The lowest BCUT2D eigenvalue weighted by atomic mass is 9.87. The molecule has 0 aliphatic carbocycles. The van der Waals surface area contributed by atoms with Crippen molar-refractivity contribution in [2.24, 2.45) is 0 Å². The Hall–Kier alpha value is -2.44. The molecule has 2 unspecified atom stereocenters. The Bertz CT molecular complexity index is 792. The average molecular weight is 359 g/mol. The number of hydrogen-bond donors (Lipinski definition) is 2. The number of rotatable bonds is 5. The Balaban J connectivity index is 2.11. The molecule has 6 heteroatoms. The van der Waals surface area contributed by atoms with Gasteiger partial charge in [-0.25, -0.2) is 0 Å². The van der Waals surface area contributed by atoms with Gasteiger partial charge < -0.3 is 24.4 Å². The van der Waals surface area contributed by atoms with Crippen LogP contribution in [0.4, 0.5) is 0 Å². The molecule has 0 saturated heterocycles. The predicted molar refractivity (Wildman–Crippen MR) is 98.0 cm³/mol. The lowest BCUT2D eigenvalue weighted by Gasteiger charge is -2.41. The summed E-state index contributed by atoms with van der Waals surface area (Å²) in [7, 11) is 6.76. The second kappa shape index (κ2) is 7.43. The Morgan fingerprint density at radius 2 is 1.81 bits per heavy atom. The van der Waals surface area contributed by atoms with Crippen molar-refractivity contribution in [1.29, 1.82) is 0 Å². The van der Waals surface area contributed by atoms with Gasteiger partial charge in [-0.05, 0) is 42.8 Å². The highest BCUT2D eigenvalue weighted by atomic mass is 16.5. The predicted octanol–water partition coefficient (Wildman–Crippen LogP) is 2.86. The number of phenols is 2. The number of nitrogens with zero attached hydrogens (tertiary/aromatic N) is 1. The SMILES string of the molecule is COc1c(O)cc2c(c1OC)CC(OC)N(C)C2Cc1cccc(O)c1. The van der Waals surface area contributed by atoms with Crippen LogP contribution in [0.1, 0.15) is 22.7 Å². The fourth-order valence-electron chi connectivity index (χ4n) is 3.75. The minimum absolute atomic E-state index is 0.0452. The summed E-state index contributed by atoms with van der Waals surface area (Å²) in [5, 5.41) is 20.2. The molecule has 6 nitrogen and oxygen atoms in total. The maximum atomic E-state index is 10.4. The highest BCUT2D eigenvalue weighted by Gasteiger charge is 2.36. The van der Waals surface area contributed by atoms with E-state index in [-0.39, 0.29) is 23.8 Å². The minimum Gasteiger partial charge on any atom is -0.508 e. The molecule has 2 aromatic carbocycles. The van der Waals surface area contributed by atoms with Crippen molar-refractivity contribution in [2.75, 3.05) is 28.4 Å². The molecule has 0 spiro atoms. The van der Waals surface area contributed by atoms with Gasteiger partial charge in [0, 0.05) is 25.1 Å². The molecule has 0 radical (unpaired) electrons. The van der Waals surface area contributed by atoms with Crippen LogP contribution in [0.25, 0.3) is 0 Å². The van der Waals surface area contributed by atoms with E-state index in [1.807, 2.05) is 19.2 Å². The zero-order chi connectivity index (χ0) is 18.8. The van der Waals surface area contributed by atoms with E-state index in [9.17, 15) is 10.2 Å². The first kappa shape index (κ1) is 18.4. The molecule has 0 fully saturated rings. The molecule has 1 heterocycles. The van der Waals surface area contributed by atoms with Gasteiger partial charge in [0.2, 0.25) is 5.75 Å². The summed E-state index contributed by atoms with van der Waals surface area (Å²) >= 11 is 0. The molecule has 0 saturated carbocycles. The molecule has 2 aromatic rings. The molecular weight excluding hydrogens is 334 g/mol. The maximum Gasteiger partial charge on any atom is 0.203 e. The first-order valence-corrected chi connectivity index (χ1v) is 8.49. The third kappa shape index (κ3) is 3.18. The van der Waals surface area contributed by atoms with Crippen LogP contribution in [0.3, 0.4) is 0 Å². The number of ether oxygens (including phenoxy) is 3. The van der Waals surface area contributed by atoms with Crippen LogP contribution in [0, 0.1) is 0 Å².